The molecule has 0 bridgehead atoms. The van der Waals surface area contributed by atoms with Crippen molar-refractivity contribution in [2.45, 2.75) is 19.4 Å². The Morgan fingerprint density at radius 1 is 1.67 bits per heavy atom. The Hall–Kier alpha value is 0.110. The monoisotopic (exact) mass is 156 g/mol. The summed E-state index contributed by atoms with van der Waals surface area (Å²) in [6.45, 7) is 1.73. The van der Waals surface area contributed by atoms with E-state index in [9.17, 15) is 0 Å². The van der Waals surface area contributed by atoms with Gasteiger partial charge in [-0.2, -0.15) is 0 Å². The van der Waals surface area contributed by atoms with E-state index in [2.05, 4.69) is 0 Å². The molecule has 0 aliphatic carbocycles. The molecule has 0 radical (unpaired) electrons. The molecular weight excluding hydrogens is 143 g/mol. The van der Waals surface area contributed by atoms with Crippen molar-refractivity contribution in [3.8, 4) is 0 Å². The van der Waals surface area contributed by atoms with Crippen molar-refractivity contribution in [2.24, 2.45) is 0 Å². The minimum atomic E-state index is -1.50. The standard InChI is InChI=1S/C4H10O2.H3O2P/c1-4(6)2-3-5;1-3-2/h4-6H,2-3H2,1H3;3H2,(H,1,2). The maximum atomic E-state index is 8.57. The topological polar surface area (TPSA) is 77.8 Å². The lowest BCUT2D eigenvalue weighted by molar-refractivity contribution is 0.148. The van der Waals surface area contributed by atoms with Gasteiger partial charge in [0.25, 0.3) is 0 Å². The molecule has 0 amide bonds. The van der Waals surface area contributed by atoms with Gasteiger partial charge in [0.2, 0.25) is 0 Å². The highest BCUT2D eigenvalue weighted by molar-refractivity contribution is 7.16. The fourth-order valence-corrected chi connectivity index (χ4v) is 0.187. The van der Waals surface area contributed by atoms with Gasteiger partial charge in [-0.1, -0.05) is 0 Å². The molecule has 9 heavy (non-hydrogen) atoms. The Balaban J connectivity index is 0. The van der Waals surface area contributed by atoms with Gasteiger partial charge in [-0.05, 0) is 13.3 Å². The summed E-state index contributed by atoms with van der Waals surface area (Å²) in [5, 5.41) is 16.5. The van der Waals surface area contributed by atoms with Crippen LogP contribution in [0.25, 0.3) is 0 Å². The zero-order valence-electron chi connectivity index (χ0n) is 5.32. The van der Waals surface area contributed by atoms with Crippen LogP contribution in [0, 0.1) is 0 Å². The molecule has 0 heterocycles. The van der Waals surface area contributed by atoms with Crippen molar-refractivity contribution < 1.29 is 19.7 Å². The number of aliphatic hydroxyl groups is 2. The quantitative estimate of drug-likeness (QED) is 0.466. The van der Waals surface area contributed by atoms with E-state index in [0.717, 1.165) is 0 Å². The maximum Gasteiger partial charge on any atom is 0.177 e. The lowest BCUT2D eigenvalue weighted by Gasteiger charge is -1.95. The SMILES string of the molecule is CC(O)CCO.O=[PH2]O. The van der Waals surface area contributed by atoms with E-state index in [1.807, 2.05) is 0 Å². The maximum absolute atomic E-state index is 8.57. The van der Waals surface area contributed by atoms with Crippen LogP contribution < -0.4 is 0 Å². The molecule has 0 spiro atoms. The van der Waals surface area contributed by atoms with Crippen molar-refractivity contribution in [3.05, 3.63) is 0 Å². The molecule has 0 rings (SSSR count). The molecule has 0 saturated carbocycles. The molecule has 5 heteroatoms. The molecular formula is C4H13O4P. The zero-order valence-corrected chi connectivity index (χ0v) is 6.47. The molecule has 0 aromatic rings. The third-order valence-electron chi connectivity index (χ3n) is 0.547. The summed E-state index contributed by atoms with van der Waals surface area (Å²) >= 11 is 0. The van der Waals surface area contributed by atoms with Crippen molar-refractivity contribution in [1.29, 1.82) is 0 Å². The van der Waals surface area contributed by atoms with E-state index >= 15 is 0 Å². The highest BCUT2D eigenvalue weighted by Gasteiger charge is 1.88. The first kappa shape index (κ1) is 11.9. The second-order valence-electron chi connectivity index (χ2n) is 1.47. The smallest absolute Gasteiger partial charge is 0.177 e. The molecule has 4 nitrogen and oxygen atoms in total. The van der Waals surface area contributed by atoms with Crippen LogP contribution in [0.1, 0.15) is 13.3 Å². The number of rotatable bonds is 2. The summed E-state index contributed by atoms with van der Waals surface area (Å²) < 4.78 is 8.57. The van der Waals surface area contributed by atoms with Crippen LogP contribution in [-0.4, -0.2) is 27.8 Å². The second kappa shape index (κ2) is 11.0. The largest absolute Gasteiger partial charge is 0.396 e. The fraction of sp³-hybridized carbons (Fsp3) is 1.00. The fourth-order valence-electron chi connectivity index (χ4n) is 0.187. The third-order valence-corrected chi connectivity index (χ3v) is 0.547. The Morgan fingerprint density at radius 2 is 2.00 bits per heavy atom. The summed E-state index contributed by atoms with van der Waals surface area (Å²) in [5.41, 5.74) is 0. The molecule has 3 N–H and O–H groups in total. The molecule has 58 valence electrons. The summed E-state index contributed by atoms with van der Waals surface area (Å²) in [6, 6.07) is 0. The van der Waals surface area contributed by atoms with Crippen molar-refractivity contribution in [2.75, 3.05) is 6.61 Å². The number of hydrogen-bond acceptors (Lipinski definition) is 3. The molecule has 0 fully saturated rings. The first-order valence-corrected chi connectivity index (χ1v) is 3.54. The van der Waals surface area contributed by atoms with E-state index < -0.39 is 8.69 Å². The van der Waals surface area contributed by atoms with E-state index in [0.29, 0.717) is 6.42 Å². The van der Waals surface area contributed by atoms with Crippen LogP contribution in [0.5, 0.6) is 0 Å². The molecule has 0 aromatic carbocycles. The van der Waals surface area contributed by atoms with E-state index in [1.165, 1.54) is 0 Å². The van der Waals surface area contributed by atoms with Crippen LogP contribution in [0.4, 0.5) is 0 Å². The molecule has 0 aliphatic rings. The van der Waals surface area contributed by atoms with Gasteiger partial charge in [0.05, 0.1) is 6.10 Å². The van der Waals surface area contributed by atoms with Crippen LogP contribution >= 0.6 is 8.69 Å². The van der Waals surface area contributed by atoms with Crippen LogP contribution in [-0.2, 0) is 4.57 Å². The molecule has 0 aliphatic heterocycles. The lowest BCUT2D eigenvalue weighted by Crippen LogP contribution is -2.00. The van der Waals surface area contributed by atoms with E-state index in [1.54, 1.807) is 6.92 Å². The van der Waals surface area contributed by atoms with Crippen molar-refractivity contribution in [3.63, 3.8) is 0 Å². The van der Waals surface area contributed by atoms with E-state index in [4.69, 9.17) is 19.7 Å². The van der Waals surface area contributed by atoms with Crippen molar-refractivity contribution in [1.82, 2.24) is 0 Å². The zero-order chi connectivity index (χ0) is 7.70. The van der Waals surface area contributed by atoms with Gasteiger partial charge >= 0.3 is 0 Å². The van der Waals surface area contributed by atoms with Gasteiger partial charge in [0.15, 0.2) is 8.69 Å². The van der Waals surface area contributed by atoms with Crippen LogP contribution in [0.3, 0.4) is 0 Å². The molecule has 0 aromatic heterocycles. The van der Waals surface area contributed by atoms with Gasteiger partial charge < -0.3 is 15.1 Å². The van der Waals surface area contributed by atoms with Crippen LogP contribution in [0.2, 0.25) is 0 Å². The Morgan fingerprint density at radius 3 is 2.00 bits per heavy atom. The minimum Gasteiger partial charge on any atom is -0.396 e. The Kier molecular flexibility index (Phi) is 14.5. The summed E-state index contributed by atoms with van der Waals surface area (Å²) in [4.78, 5) is 7.10. The highest BCUT2D eigenvalue weighted by atomic mass is 31.1. The predicted octanol–water partition coefficient (Wildman–Crippen LogP) is -0.600. The van der Waals surface area contributed by atoms with Gasteiger partial charge in [-0.25, -0.2) is 0 Å². The summed E-state index contributed by atoms with van der Waals surface area (Å²) in [5.74, 6) is 0. The second-order valence-corrected chi connectivity index (χ2v) is 1.68. The predicted molar refractivity (Wildman–Crippen MR) is 36.0 cm³/mol. The van der Waals surface area contributed by atoms with Crippen molar-refractivity contribution >= 4 is 8.69 Å². The van der Waals surface area contributed by atoms with Gasteiger partial charge in [-0.15, -0.1) is 0 Å². The minimum absolute atomic E-state index is 0.0810. The molecule has 0 saturated heterocycles. The first-order chi connectivity index (χ1) is 4.18. The highest BCUT2D eigenvalue weighted by Crippen LogP contribution is 1.83. The average molecular weight is 156 g/mol. The molecule has 2 unspecified atom stereocenters. The lowest BCUT2D eigenvalue weighted by atomic mass is 10.3. The molecule has 2 atom stereocenters. The average Bonchev–Trinajstić information content (AvgIpc) is 1.67. The van der Waals surface area contributed by atoms with Gasteiger partial charge in [0.1, 0.15) is 0 Å². The number of aliphatic hydroxyl groups excluding tert-OH is 2. The van der Waals surface area contributed by atoms with Gasteiger partial charge in [0, 0.05) is 6.61 Å². The Bertz CT molecular complexity index is 56.5. The first-order valence-electron chi connectivity index (χ1n) is 2.55. The normalized spacial score (nSPS) is 12.9. The Labute approximate surface area is 55.4 Å². The number of hydrogen-bond donors (Lipinski definition) is 3. The third kappa shape index (κ3) is 31.3. The van der Waals surface area contributed by atoms with Gasteiger partial charge in [-0.3, -0.25) is 4.57 Å². The van der Waals surface area contributed by atoms with Crippen LogP contribution in [0.15, 0.2) is 0 Å². The summed E-state index contributed by atoms with van der Waals surface area (Å²) in [7, 11) is -1.50. The van der Waals surface area contributed by atoms with E-state index in [-0.39, 0.29) is 12.7 Å². The summed E-state index contributed by atoms with van der Waals surface area (Å²) in [6.07, 6.45) is 0.134.